The molecule has 0 unspecified atom stereocenters. The van der Waals surface area contributed by atoms with Gasteiger partial charge in [0.25, 0.3) is 0 Å². The molecular formula is C29H46O2. The van der Waals surface area contributed by atoms with Crippen LogP contribution in [0, 0.1) is 46.3 Å². The first-order valence-corrected chi connectivity index (χ1v) is 13.2. The topological polar surface area (TPSA) is 37.3 Å². The fourth-order valence-electron chi connectivity index (χ4n) is 8.51. The lowest BCUT2D eigenvalue weighted by Gasteiger charge is -2.57. The molecule has 0 aromatic heterocycles. The molecule has 0 amide bonds. The van der Waals surface area contributed by atoms with E-state index in [4.69, 9.17) is 0 Å². The molecule has 31 heavy (non-hydrogen) atoms. The molecule has 0 bridgehead atoms. The summed E-state index contributed by atoms with van der Waals surface area (Å²) in [4.78, 5) is 13.4. The molecule has 0 aliphatic heterocycles. The molecule has 1 N–H and O–H groups in total. The standard InChI is InChI=1S/C29H46O2/c1-7-18(2)19(3)8-9-20(4)23-10-11-24-27-25(13-15-29(23,24)6)28(5)14-12-22(30)16-21(28)17-26(27)31/h17-18,20,22-25,27,30H,3,7-16H2,1-2,4-6H3/t18-,20+,22-,23+,24+,25-,27-,28-,29+/m0/s1. The number of aliphatic hydroxyl groups excluding tert-OH is 1. The van der Waals surface area contributed by atoms with Gasteiger partial charge in [-0.1, -0.05) is 52.3 Å². The van der Waals surface area contributed by atoms with Gasteiger partial charge in [0.2, 0.25) is 0 Å². The van der Waals surface area contributed by atoms with Crippen LogP contribution in [0.5, 0.6) is 0 Å². The van der Waals surface area contributed by atoms with Crippen LogP contribution in [0.4, 0.5) is 0 Å². The van der Waals surface area contributed by atoms with Crippen LogP contribution < -0.4 is 0 Å². The van der Waals surface area contributed by atoms with Crippen LogP contribution in [0.1, 0.15) is 98.8 Å². The highest BCUT2D eigenvalue weighted by Gasteiger charge is 2.61. The van der Waals surface area contributed by atoms with Gasteiger partial charge in [-0.15, -0.1) is 0 Å². The summed E-state index contributed by atoms with van der Waals surface area (Å²) in [5, 5.41) is 10.2. The van der Waals surface area contributed by atoms with Crippen molar-refractivity contribution >= 4 is 5.78 Å². The van der Waals surface area contributed by atoms with E-state index >= 15 is 0 Å². The molecule has 2 heteroatoms. The summed E-state index contributed by atoms with van der Waals surface area (Å²) >= 11 is 0. The number of rotatable bonds is 6. The highest BCUT2D eigenvalue weighted by atomic mass is 16.3. The van der Waals surface area contributed by atoms with Crippen LogP contribution in [-0.4, -0.2) is 17.0 Å². The largest absolute Gasteiger partial charge is 0.393 e. The molecule has 0 spiro atoms. The lowest BCUT2D eigenvalue weighted by atomic mass is 9.46. The zero-order chi connectivity index (χ0) is 22.6. The van der Waals surface area contributed by atoms with Crippen molar-refractivity contribution in [2.45, 2.75) is 105 Å². The average Bonchev–Trinajstić information content (AvgIpc) is 3.09. The Labute approximate surface area is 191 Å². The molecule has 4 aliphatic rings. The molecule has 0 saturated heterocycles. The Bertz CT molecular complexity index is 750. The van der Waals surface area contributed by atoms with Gasteiger partial charge >= 0.3 is 0 Å². The van der Waals surface area contributed by atoms with Crippen molar-refractivity contribution in [2.75, 3.05) is 0 Å². The fraction of sp³-hybridized carbons (Fsp3) is 0.828. The van der Waals surface area contributed by atoms with Crippen molar-refractivity contribution in [1.29, 1.82) is 0 Å². The van der Waals surface area contributed by atoms with E-state index in [1.54, 1.807) is 0 Å². The lowest BCUT2D eigenvalue weighted by molar-refractivity contribution is -0.135. The van der Waals surface area contributed by atoms with E-state index in [1.165, 1.54) is 49.7 Å². The zero-order valence-electron chi connectivity index (χ0n) is 20.8. The Kier molecular flexibility index (Phi) is 6.36. The van der Waals surface area contributed by atoms with Crippen LogP contribution in [0.2, 0.25) is 0 Å². The van der Waals surface area contributed by atoms with Gasteiger partial charge < -0.3 is 5.11 Å². The quantitative estimate of drug-likeness (QED) is 0.459. The number of aliphatic hydroxyl groups is 1. The highest BCUT2D eigenvalue weighted by Crippen LogP contribution is 2.66. The second-order valence-electron chi connectivity index (χ2n) is 12.3. The summed E-state index contributed by atoms with van der Waals surface area (Å²) in [5.74, 6) is 3.72. The van der Waals surface area contributed by atoms with Gasteiger partial charge in [0.15, 0.2) is 5.78 Å². The van der Waals surface area contributed by atoms with Gasteiger partial charge in [0.05, 0.1) is 6.10 Å². The first-order valence-electron chi connectivity index (χ1n) is 13.2. The molecule has 0 heterocycles. The fourth-order valence-corrected chi connectivity index (χ4v) is 8.51. The maximum atomic E-state index is 13.4. The third kappa shape index (κ3) is 3.79. The number of allylic oxidation sites excluding steroid dienone is 2. The van der Waals surface area contributed by atoms with Gasteiger partial charge in [-0.2, -0.15) is 0 Å². The zero-order valence-corrected chi connectivity index (χ0v) is 20.8. The molecule has 4 rings (SSSR count). The Morgan fingerprint density at radius 2 is 1.90 bits per heavy atom. The van der Waals surface area contributed by atoms with Crippen molar-refractivity contribution in [3.63, 3.8) is 0 Å². The molecule has 0 radical (unpaired) electrons. The molecule has 4 aliphatic carbocycles. The predicted octanol–water partition coefficient (Wildman–Crippen LogP) is 7.12. The van der Waals surface area contributed by atoms with E-state index in [-0.39, 0.29) is 17.4 Å². The molecule has 174 valence electrons. The third-order valence-corrected chi connectivity index (χ3v) is 10.9. The van der Waals surface area contributed by atoms with Gasteiger partial charge in [0, 0.05) is 5.92 Å². The molecule has 0 aromatic rings. The highest BCUT2D eigenvalue weighted by molar-refractivity contribution is 5.94. The van der Waals surface area contributed by atoms with E-state index < -0.39 is 0 Å². The smallest absolute Gasteiger partial charge is 0.159 e. The maximum absolute atomic E-state index is 13.4. The van der Waals surface area contributed by atoms with Crippen LogP contribution in [0.25, 0.3) is 0 Å². The van der Waals surface area contributed by atoms with Gasteiger partial charge in [-0.05, 0) is 111 Å². The van der Waals surface area contributed by atoms with Gasteiger partial charge in [0.1, 0.15) is 0 Å². The monoisotopic (exact) mass is 426 g/mol. The van der Waals surface area contributed by atoms with Crippen molar-refractivity contribution in [1.82, 2.24) is 0 Å². The maximum Gasteiger partial charge on any atom is 0.159 e. The SMILES string of the molecule is C=C(CC[C@@H](C)[C@H]1CC[C@@H]2[C@@H]3C(=O)C=C4C[C@@H](O)CC[C@]4(C)[C@H]3CC[C@@]21C)[C@@H](C)CC. The van der Waals surface area contributed by atoms with E-state index in [0.717, 1.165) is 25.2 Å². The Morgan fingerprint density at radius 3 is 2.61 bits per heavy atom. The number of ketones is 1. The summed E-state index contributed by atoms with van der Waals surface area (Å²) in [5.41, 5.74) is 3.12. The second-order valence-corrected chi connectivity index (χ2v) is 12.3. The lowest BCUT2D eigenvalue weighted by Crippen LogP contribution is -2.53. The first kappa shape index (κ1) is 23.3. The van der Waals surface area contributed by atoms with Crippen LogP contribution >= 0.6 is 0 Å². The predicted molar refractivity (Wildman–Crippen MR) is 129 cm³/mol. The summed E-state index contributed by atoms with van der Waals surface area (Å²) in [6.07, 6.45) is 13.0. The number of carbonyl (C=O) groups excluding carboxylic acids is 1. The minimum atomic E-state index is -0.251. The van der Waals surface area contributed by atoms with Crippen LogP contribution in [-0.2, 0) is 4.79 Å². The summed E-state index contributed by atoms with van der Waals surface area (Å²) < 4.78 is 0. The van der Waals surface area contributed by atoms with Crippen LogP contribution in [0.15, 0.2) is 23.8 Å². The van der Waals surface area contributed by atoms with Gasteiger partial charge in [-0.25, -0.2) is 0 Å². The number of carbonyl (C=O) groups is 1. The minimum absolute atomic E-state index is 0.136. The Balaban J connectivity index is 1.52. The molecule has 3 saturated carbocycles. The molecule has 9 atom stereocenters. The minimum Gasteiger partial charge on any atom is -0.393 e. The summed E-state index contributed by atoms with van der Waals surface area (Å²) in [7, 11) is 0. The number of hydrogen-bond acceptors (Lipinski definition) is 2. The Morgan fingerprint density at radius 1 is 1.16 bits per heavy atom. The Hall–Kier alpha value is -0.890. The first-order chi connectivity index (χ1) is 14.6. The molecule has 3 fully saturated rings. The van der Waals surface area contributed by atoms with E-state index in [9.17, 15) is 9.90 Å². The van der Waals surface area contributed by atoms with Gasteiger partial charge in [-0.3, -0.25) is 4.79 Å². The molecular weight excluding hydrogens is 380 g/mol. The van der Waals surface area contributed by atoms with Crippen molar-refractivity contribution in [2.24, 2.45) is 46.3 Å². The third-order valence-electron chi connectivity index (χ3n) is 10.9. The van der Waals surface area contributed by atoms with E-state index in [2.05, 4.69) is 41.2 Å². The normalized spacial score (nSPS) is 44.0. The van der Waals surface area contributed by atoms with E-state index in [1.807, 2.05) is 6.08 Å². The van der Waals surface area contributed by atoms with Crippen LogP contribution in [0.3, 0.4) is 0 Å². The second kappa shape index (κ2) is 8.47. The average molecular weight is 427 g/mol. The van der Waals surface area contributed by atoms with E-state index in [0.29, 0.717) is 41.3 Å². The molecule has 2 nitrogen and oxygen atoms in total. The number of fused-ring (bicyclic) bond motifs is 5. The summed E-state index contributed by atoms with van der Waals surface area (Å²) in [6.45, 7) is 16.3. The number of hydrogen-bond donors (Lipinski definition) is 1. The van der Waals surface area contributed by atoms with Crippen molar-refractivity contribution in [3.8, 4) is 0 Å². The molecule has 0 aromatic carbocycles. The van der Waals surface area contributed by atoms with Crippen molar-refractivity contribution in [3.05, 3.63) is 23.8 Å². The summed E-state index contributed by atoms with van der Waals surface area (Å²) in [6, 6.07) is 0. The van der Waals surface area contributed by atoms with Crippen molar-refractivity contribution < 1.29 is 9.90 Å².